The molecule has 1 atom stereocenters. The van der Waals surface area contributed by atoms with Gasteiger partial charge < -0.3 is 21.2 Å². The van der Waals surface area contributed by atoms with E-state index in [1.807, 2.05) is 13.8 Å². The van der Waals surface area contributed by atoms with Crippen molar-refractivity contribution in [2.24, 2.45) is 10.9 Å². The van der Waals surface area contributed by atoms with Gasteiger partial charge in [-0.25, -0.2) is 0 Å². The minimum absolute atomic E-state index is 0.101. The third-order valence-corrected chi connectivity index (χ3v) is 2.66. The number of hydrogen-bond acceptors (Lipinski definition) is 4. The van der Waals surface area contributed by atoms with Crippen LogP contribution in [0.25, 0.3) is 0 Å². The fourth-order valence-corrected chi connectivity index (χ4v) is 1.37. The molecule has 0 aliphatic carbocycles. The van der Waals surface area contributed by atoms with Crippen molar-refractivity contribution in [3.8, 4) is 0 Å². The molecule has 0 aromatic heterocycles. The fourth-order valence-electron chi connectivity index (χ4n) is 1.37. The molecule has 0 aliphatic heterocycles. The van der Waals surface area contributed by atoms with Crippen molar-refractivity contribution in [2.75, 3.05) is 20.1 Å². The SMILES string of the molecule is CCN(C)C(=O)C(C)NCCCCC(N)=NO. The molecule has 0 aliphatic rings. The van der Waals surface area contributed by atoms with Gasteiger partial charge in [0.1, 0.15) is 5.84 Å². The number of likely N-dealkylation sites (N-methyl/N-ethyl adjacent to an activating group) is 1. The van der Waals surface area contributed by atoms with E-state index < -0.39 is 0 Å². The van der Waals surface area contributed by atoms with Crippen molar-refractivity contribution in [3.63, 3.8) is 0 Å². The first-order chi connectivity index (χ1) is 8.02. The summed E-state index contributed by atoms with van der Waals surface area (Å²) in [5.74, 6) is 0.351. The Morgan fingerprint density at radius 2 is 2.18 bits per heavy atom. The molecule has 0 aromatic carbocycles. The molecule has 6 heteroatoms. The fraction of sp³-hybridized carbons (Fsp3) is 0.818. The van der Waals surface area contributed by atoms with Gasteiger partial charge in [-0.15, -0.1) is 0 Å². The number of carbonyl (C=O) groups excluding carboxylic acids is 1. The number of amides is 1. The molecule has 0 bridgehead atoms. The van der Waals surface area contributed by atoms with E-state index in [2.05, 4.69) is 10.5 Å². The maximum absolute atomic E-state index is 11.7. The summed E-state index contributed by atoms with van der Waals surface area (Å²) in [4.78, 5) is 13.4. The smallest absolute Gasteiger partial charge is 0.239 e. The average Bonchev–Trinajstić information content (AvgIpc) is 2.35. The molecule has 0 spiro atoms. The Kier molecular flexibility index (Phi) is 8.13. The third-order valence-electron chi connectivity index (χ3n) is 2.66. The molecule has 0 saturated carbocycles. The molecule has 0 aromatic rings. The molecule has 6 nitrogen and oxygen atoms in total. The lowest BCUT2D eigenvalue weighted by Gasteiger charge is -2.20. The predicted octanol–water partition coefficient (Wildman–Crippen LogP) is 0.360. The second-order valence-electron chi connectivity index (χ2n) is 4.08. The zero-order valence-electron chi connectivity index (χ0n) is 10.9. The largest absolute Gasteiger partial charge is 0.409 e. The van der Waals surface area contributed by atoms with Crippen LogP contribution in [0, 0.1) is 0 Å². The molecule has 0 rings (SSSR count). The van der Waals surface area contributed by atoms with E-state index in [4.69, 9.17) is 10.9 Å². The number of nitrogens with zero attached hydrogens (tertiary/aromatic N) is 2. The minimum atomic E-state index is -0.163. The van der Waals surface area contributed by atoms with Crippen LogP contribution in [0.3, 0.4) is 0 Å². The first kappa shape index (κ1) is 15.7. The molecular weight excluding hydrogens is 220 g/mol. The van der Waals surface area contributed by atoms with Gasteiger partial charge in [0, 0.05) is 20.0 Å². The first-order valence-corrected chi connectivity index (χ1v) is 5.97. The summed E-state index contributed by atoms with van der Waals surface area (Å²) >= 11 is 0. The lowest BCUT2D eigenvalue weighted by molar-refractivity contribution is -0.131. The summed E-state index contributed by atoms with van der Waals surface area (Å²) in [6, 6.07) is -0.163. The minimum Gasteiger partial charge on any atom is -0.409 e. The Labute approximate surface area is 103 Å². The molecule has 0 saturated heterocycles. The highest BCUT2D eigenvalue weighted by Crippen LogP contribution is 1.96. The molecule has 1 unspecified atom stereocenters. The molecule has 17 heavy (non-hydrogen) atoms. The number of amidine groups is 1. The number of carbonyl (C=O) groups is 1. The Hall–Kier alpha value is -1.30. The summed E-state index contributed by atoms with van der Waals surface area (Å²) in [6.07, 6.45) is 2.31. The highest BCUT2D eigenvalue weighted by atomic mass is 16.4. The number of nitrogens with one attached hydrogen (secondary N) is 1. The molecule has 4 N–H and O–H groups in total. The van der Waals surface area contributed by atoms with Crippen molar-refractivity contribution >= 4 is 11.7 Å². The van der Waals surface area contributed by atoms with Gasteiger partial charge in [0.05, 0.1) is 6.04 Å². The van der Waals surface area contributed by atoms with Crippen molar-refractivity contribution in [3.05, 3.63) is 0 Å². The Morgan fingerprint density at radius 3 is 2.71 bits per heavy atom. The summed E-state index contributed by atoms with van der Waals surface area (Å²) in [5, 5.41) is 14.4. The second-order valence-corrected chi connectivity index (χ2v) is 4.08. The second kappa shape index (κ2) is 8.81. The van der Waals surface area contributed by atoms with Crippen LogP contribution in [0.1, 0.15) is 33.1 Å². The molecule has 0 radical (unpaired) electrons. The Morgan fingerprint density at radius 1 is 1.53 bits per heavy atom. The lowest BCUT2D eigenvalue weighted by Crippen LogP contribution is -2.43. The molecule has 0 fully saturated rings. The normalized spacial score (nSPS) is 13.5. The summed E-state index contributed by atoms with van der Waals surface area (Å²) in [5.41, 5.74) is 5.34. The Balaban J connectivity index is 3.64. The van der Waals surface area contributed by atoms with Crippen LogP contribution in [-0.4, -0.2) is 48.0 Å². The summed E-state index contributed by atoms with van der Waals surface area (Å²) in [6.45, 7) is 5.27. The lowest BCUT2D eigenvalue weighted by atomic mass is 10.2. The zero-order chi connectivity index (χ0) is 13.3. The van der Waals surface area contributed by atoms with Gasteiger partial charge in [-0.2, -0.15) is 0 Å². The maximum atomic E-state index is 11.7. The van der Waals surface area contributed by atoms with Crippen LogP contribution in [0.15, 0.2) is 5.16 Å². The van der Waals surface area contributed by atoms with Gasteiger partial charge >= 0.3 is 0 Å². The van der Waals surface area contributed by atoms with Crippen LogP contribution in [0.5, 0.6) is 0 Å². The number of hydrogen-bond donors (Lipinski definition) is 3. The summed E-state index contributed by atoms with van der Waals surface area (Å²) in [7, 11) is 1.79. The van der Waals surface area contributed by atoms with E-state index in [9.17, 15) is 4.79 Å². The van der Waals surface area contributed by atoms with Crippen molar-refractivity contribution < 1.29 is 10.0 Å². The third kappa shape index (κ3) is 6.78. The molecule has 0 heterocycles. The van der Waals surface area contributed by atoms with Crippen molar-refractivity contribution in [1.82, 2.24) is 10.2 Å². The van der Waals surface area contributed by atoms with Gasteiger partial charge in [0.25, 0.3) is 0 Å². The van der Waals surface area contributed by atoms with Gasteiger partial charge in [0.2, 0.25) is 5.91 Å². The molecule has 1 amide bonds. The molecule has 100 valence electrons. The quantitative estimate of drug-likeness (QED) is 0.189. The standard InChI is InChI=1S/C11H24N4O2/c1-4-15(3)11(16)9(2)13-8-6-5-7-10(12)14-17/h9,13,17H,4-8H2,1-3H3,(H2,12,14). The zero-order valence-corrected chi connectivity index (χ0v) is 10.9. The van der Waals surface area contributed by atoms with Crippen molar-refractivity contribution in [1.29, 1.82) is 0 Å². The van der Waals surface area contributed by atoms with Crippen LogP contribution >= 0.6 is 0 Å². The van der Waals surface area contributed by atoms with Crippen LogP contribution < -0.4 is 11.1 Å². The highest BCUT2D eigenvalue weighted by molar-refractivity contribution is 5.81. The number of oxime groups is 1. The van der Waals surface area contributed by atoms with Crippen LogP contribution in [0.2, 0.25) is 0 Å². The van der Waals surface area contributed by atoms with E-state index >= 15 is 0 Å². The topological polar surface area (TPSA) is 91.0 Å². The predicted molar refractivity (Wildman–Crippen MR) is 68.0 cm³/mol. The van der Waals surface area contributed by atoms with E-state index in [-0.39, 0.29) is 17.8 Å². The van der Waals surface area contributed by atoms with Gasteiger partial charge in [-0.1, -0.05) is 5.16 Å². The number of unbranched alkanes of at least 4 members (excludes halogenated alkanes) is 1. The first-order valence-electron chi connectivity index (χ1n) is 5.97. The van der Waals surface area contributed by atoms with Crippen molar-refractivity contribution in [2.45, 2.75) is 39.2 Å². The number of rotatable bonds is 8. The van der Waals surface area contributed by atoms with Gasteiger partial charge in [0.15, 0.2) is 0 Å². The average molecular weight is 244 g/mol. The monoisotopic (exact) mass is 244 g/mol. The van der Waals surface area contributed by atoms with E-state index in [1.165, 1.54) is 0 Å². The highest BCUT2D eigenvalue weighted by Gasteiger charge is 2.14. The molecular formula is C11H24N4O2. The maximum Gasteiger partial charge on any atom is 0.239 e. The van der Waals surface area contributed by atoms with Gasteiger partial charge in [-0.3, -0.25) is 4.79 Å². The number of nitrogens with two attached hydrogens (primary N) is 1. The Bertz CT molecular complexity index is 256. The van der Waals surface area contributed by atoms with E-state index in [1.54, 1.807) is 11.9 Å². The van der Waals surface area contributed by atoms with Crippen LogP contribution in [-0.2, 0) is 4.79 Å². The van der Waals surface area contributed by atoms with E-state index in [0.29, 0.717) is 13.0 Å². The summed E-state index contributed by atoms with van der Waals surface area (Å²) < 4.78 is 0. The van der Waals surface area contributed by atoms with E-state index in [0.717, 1.165) is 19.4 Å². The van der Waals surface area contributed by atoms with Gasteiger partial charge in [-0.05, 0) is 33.2 Å². The van der Waals surface area contributed by atoms with Crippen LogP contribution in [0.4, 0.5) is 0 Å².